The van der Waals surface area contributed by atoms with Crippen LogP contribution in [0.1, 0.15) is 16.7 Å². The third-order valence-corrected chi connectivity index (χ3v) is 6.37. The van der Waals surface area contributed by atoms with Gasteiger partial charge in [-0.25, -0.2) is 4.90 Å². The van der Waals surface area contributed by atoms with Crippen molar-refractivity contribution < 1.29 is 14.3 Å². The first-order chi connectivity index (χ1) is 15.0. The van der Waals surface area contributed by atoms with Gasteiger partial charge in [0.15, 0.2) is 0 Å². The second kappa shape index (κ2) is 9.00. The van der Waals surface area contributed by atoms with Crippen LogP contribution in [0.5, 0.6) is 5.75 Å². The van der Waals surface area contributed by atoms with Crippen molar-refractivity contribution >= 4 is 46.4 Å². The molecule has 0 bridgehead atoms. The smallest absolute Gasteiger partial charge is 0.272 e. The van der Waals surface area contributed by atoms with Crippen molar-refractivity contribution in [1.82, 2.24) is 0 Å². The predicted molar refractivity (Wildman–Crippen MR) is 126 cm³/mol. The van der Waals surface area contributed by atoms with Crippen LogP contribution in [0.2, 0.25) is 5.02 Å². The number of imide groups is 1. The number of ether oxygens (including phenoxy) is 1. The third-order valence-electron chi connectivity index (χ3n) is 4.99. The van der Waals surface area contributed by atoms with Crippen molar-refractivity contribution in [2.45, 2.75) is 12.7 Å². The van der Waals surface area contributed by atoms with Crippen LogP contribution in [0.15, 0.2) is 77.7 Å². The second-order valence-corrected chi connectivity index (χ2v) is 8.53. The number of anilines is 1. The van der Waals surface area contributed by atoms with Gasteiger partial charge in [-0.15, -0.1) is 11.8 Å². The molecule has 0 atom stereocenters. The summed E-state index contributed by atoms with van der Waals surface area (Å²) in [7, 11) is 1.50. The standard InChI is InChI=1S/C25H20ClNO3S/c1-16-8-10-18(11-9-16)22-23(31-15-17-6-4-3-5-7-17)25(29)27(24(22)28)20-14-19(26)12-13-21(20)30-2/h3-14H,15H2,1-2H3. The molecule has 0 N–H and O–H groups in total. The molecule has 3 aromatic carbocycles. The Kier molecular flexibility index (Phi) is 6.16. The SMILES string of the molecule is COc1ccc(Cl)cc1N1C(=O)C(SCc2ccccc2)=C(c2ccc(C)cc2)C1=O. The number of aryl methyl sites for hydroxylation is 1. The minimum atomic E-state index is -0.384. The number of nitrogens with zero attached hydrogens (tertiary/aromatic N) is 1. The Hall–Kier alpha value is -3.02. The van der Waals surface area contributed by atoms with E-state index in [-0.39, 0.29) is 11.8 Å². The highest BCUT2D eigenvalue weighted by molar-refractivity contribution is 8.03. The summed E-state index contributed by atoms with van der Waals surface area (Å²) in [6, 6.07) is 22.4. The summed E-state index contributed by atoms with van der Waals surface area (Å²) in [6.45, 7) is 1.98. The molecule has 0 spiro atoms. The average Bonchev–Trinajstić information content (AvgIpc) is 3.03. The fraction of sp³-hybridized carbons (Fsp3) is 0.120. The molecule has 0 fully saturated rings. The molecule has 4 nitrogen and oxygen atoms in total. The fourth-order valence-electron chi connectivity index (χ4n) is 3.40. The van der Waals surface area contributed by atoms with Crippen LogP contribution in [0.4, 0.5) is 5.69 Å². The zero-order valence-electron chi connectivity index (χ0n) is 17.1. The van der Waals surface area contributed by atoms with E-state index in [2.05, 4.69) is 0 Å². The molecule has 0 aromatic heterocycles. The van der Waals surface area contributed by atoms with Crippen LogP contribution in [0.25, 0.3) is 5.57 Å². The number of carbonyl (C=O) groups is 2. The normalized spacial score (nSPS) is 13.8. The molecule has 31 heavy (non-hydrogen) atoms. The molecule has 6 heteroatoms. The lowest BCUT2D eigenvalue weighted by molar-refractivity contribution is -0.119. The molecule has 4 rings (SSSR count). The van der Waals surface area contributed by atoms with E-state index in [1.54, 1.807) is 18.2 Å². The molecule has 1 aliphatic heterocycles. The van der Waals surface area contributed by atoms with Crippen LogP contribution in [-0.2, 0) is 15.3 Å². The van der Waals surface area contributed by atoms with Crippen LogP contribution < -0.4 is 9.64 Å². The van der Waals surface area contributed by atoms with E-state index in [1.807, 2.05) is 61.5 Å². The first-order valence-corrected chi connectivity index (χ1v) is 11.1. The Morgan fingerprint density at radius 1 is 0.935 bits per heavy atom. The van der Waals surface area contributed by atoms with E-state index in [0.717, 1.165) is 16.0 Å². The number of carbonyl (C=O) groups excluding carboxylic acids is 2. The van der Waals surface area contributed by atoms with Gasteiger partial charge in [0, 0.05) is 10.8 Å². The quantitative estimate of drug-likeness (QED) is 0.441. The van der Waals surface area contributed by atoms with Gasteiger partial charge in [0.2, 0.25) is 0 Å². The lowest BCUT2D eigenvalue weighted by Crippen LogP contribution is -2.31. The van der Waals surface area contributed by atoms with Crippen LogP contribution in [0, 0.1) is 6.92 Å². The predicted octanol–water partition coefficient (Wildman–Crippen LogP) is 5.87. The van der Waals surface area contributed by atoms with Crippen molar-refractivity contribution in [1.29, 1.82) is 0 Å². The van der Waals surface area contributed by atoms with Crippen molar-refractivity contribution in [3.63, 3.8) is 0 Å². The van der Waals surface area contributed by atoms with Gasteiger partial charge in [-0.1, -0.05) is 71.8 Å². The van der Waals surface area contributed by atoms with E-state index in [1.165, 1.54) is 18.9 Å². The molecule has 0 saturated carbocycles. The maximum Gasteiger partial charge on any atom is 0.272 e. The zero-order chi connectivity index (χ0) is 22.0. The van der Waals surface area contributed by atoms with Crippen molar-refractivity contribution in [3.8, 4) is 5.75 Å². The molecular formula is C25H20ClNO3S. The molecule has 156 valence electrons. The van der Waals surface area contributed by atoms with Gasteiger partial charge in [0.05, 0.1) is 23.3 Å². The van der Waals surface area contributed by atoms with Gasteiger partial charge in [-0.3, -0.25) is 9.59 Å². The van der Waals surface area contributed by atoms with Crippen LogP contribution in [-0.4, -0.2) is 18.9 Å². The number of amides is 2. The number of halogens is 1. The highest BCUT2D eigenvalue weighted by Crippen LogP contribution is 2.42. The van der Waals surface area contributed by atoms with Gasteiger partial charge in [0.25, 0.3) is 11.8 Å². The lowest BCUT2D eigenvalue weighted by Gasteiger charge is -2.18. The summed E-state index contributed by atoms with van der Waals surface area (Å²) in [6.07, 6.45) is 0. The monoisotopic (exact) mass is 449 g/mol. The van der Waals surface area contributed by atoms with E-state index < -0.39 is 0 Å². The number of hydrogen-bond donors (Lipinski definition) is 0. The maximum absolute atomic E-state index is 13.5. The highest BCUT2D eigenvalue weighted by Gasteiger charge is 2.41. The van der Waals surface area contributed by atoms with Crippen molar-refractivity contribution in [2.75, 3.05) is 12.0 Å². The van der Waals surface area contributed by atoms with Crippen LogP contribution >= 0.6 is 23.4 Å². The molecule has 0 radical (unpaired) electrons. The van der Waals surface area contributed by atoms with Gasteiger partial charge in [0.1, 0.15) is 5.75 Å². The molecule has 1 heterocycles. The third kappa shape index (κ3) is 4.24. The molecule has 0 unspecified atom stereocenters. The van der Waals surface area contributed by atoms with Crippen LogP contribution in [0.3, 0.4) is 0 Å². The van der Waals surface area contributed by atoms with Gasteiger partial charge < -0.3 is 4.74 Å². The minimum Gasteiger partial charge on any atom is -0.495 e. The van der Waals surface area contributed by atoms with E-state index in [0.29, 0.717) is 38.3 Å². The number of thioether (sulfide) groups is 1. The molecule has 2 amide bonds. The first kappa shape index (κ1) is 21.2. The molecule has 0 saturated heterocycles. The highest BCUT2D eigenvalue weighted by atomic mass is 35.5. The summed E-state index contributed by atoms with van der Waals surface area (Å²) in [5.74, 6) is 0.223. The second-order valence-electron chi connectivity index (χ2n) is 7.11. The van der Waals surface area contributed by atoms with E-state index in [9.17, 15) is 9.59 Å². The Morgan fingerprint density at radius 3 is 2.32 bits per heavy atom. The summed E-state index contributed by atoms with van der Waals surface area (Å²) in [5, 5.41) is 0.415. The molecule has 1 aliphatic rings. The Morgan fingerprint density at radius 2 is 1.65 bits per heavy atom. The Balaban J connectivity index is 1.78. The molecular weight excluding hydrogens is 430 g/mol. The number of benzene rings is 3. The summed E-state index contributed by atoms with van der Waals surface area (Å²) < 4.78 is 5.40. The first-order valence-electron chi connectivity index (χ1n) is 9.70. The number of methoxy groups -OCH3 is 1. The van der Waals surface area contributed by atoms with Gasteiger partial charge >= 0.3 is 0 Å². The summed E-state index contributed by atoms with van der Waals surface area (Å²) >= 11 is 7.54. The van der Waals surface area contributed by atoms with Crippen molar-refractivity contribution in [2.24, 2.45) is 0 Å². The lowest BCUT2D eigenvalue weighted by atomic mass is 10.0. The fourth-order valence-corrected chi connectivity index (χ4v) is 4.64. The number of rotatable bonds is 6. The molecule has 0 aliphatic carbocycles. The number of hydrogen-bond acceptors (Lipinski definition) is 4. The summed E-state index contributed by atoms with van der Waals surface area (Å²) in [4.78, 5) is 28.6. The summed E-state index contributed by atoms with van der Waals surface area (Å²) in [5.41, 5.74) is 3.59. The zero-order valence-corrected chi connectivity index (χ0v) is 18.7. The van der Waals surface area contributed by atoms with Gasteiger partial charge in [-0.2, -0.15) is 0 Å². The van der Waals surface area contributed by atoms with E-state index >= 15 is 0 Å². The largest absolute Gasteiger partial charge is 0.495 e. The minimum absolute atomic E-state index is 0.338. The Bertz CT molecular complexity index is 1170. The van der Waals surface area contributed by atoms with Gasteiger partial charge in [-0.05, 0) is 36.2 Å². The van der Waals surface area contributed by atoms with E-state index in [4.69, 9.17) is 16.3 Å². The Labute approximate surface area is 190 Å². The average molecular weight is 450 g/mol. The molecule has 3 aromatic rings. The maximum atomic E-state index is 13.5. The van der Waals surface area contributed by atoms with Crippen molar-refractivity contribution in [3.05, 3.63) is 99.4 Å². The topological polar surface area (TPSA) is 46.6 Å².